The largest absolute Gasteiger partial charge is 0.283 e. The fraction of sp³-hybridized carbons (Fsp3) is 0. The summed E-state index contributed by atoms with van der Waals surface area (Å²) >= 11 is 3.00. The summed E-state index contributed by atoms with van der Waals surface area (Å²) in [5.41, 5.74) is 0.161. The summed E-state index contributed by atoms with van der Waals surface area (Å²) in [6.07, 6.45) is 0. The minimum absolute atomic E-state index is 0.161. The summed E-state index contributed by atoms with van der Waals surface area (Å²) < 4.78 is 0. The van der Waals surface area contributed by atoms with Gasteiger partial charge in [0.05, 0.1) is 9.82 Å². The van der Waals surface area contributed by atoms with Gasteiger partial charge >= 0.3 is 0 Å². The molecule has 0 aliphatic heterocycles. The van der Waals surface area contributed by atoms with Crippen LogP contribution in [0.5, 0.6) is 0 Å². The highest BCUT2D eigenvalue weighted by Crippen LogP contribution is 2.35. The Morgan fingerprint density at radius 3 is 2.73 bits per heavy atom. The third-order valence-corrected chi connectivity index (χ3v) is 3.67. The van der Waals surface area contributed by atoms with E-state index in [1.165, 1.54) is 17.8 Å². The van der Waals surface area contributed by atoms with E-state index < -0.39 is 0 Å². The van der Waals surface area contributed by atoms with Crippen LogP contribution in [0, 0.1) is 10.1 Å². The molecular formula is C10H7NO2S2. The lowest BCUT2D eigenvalue weighted by Crippen LogP contribution is -1.89. The van der Waals surface area contributed by atoms with Crippen molar-refractivity contribution in [2.75, 3.05) is 0 Å². The van der Waals surface area contributed by atoms with Crippen molar-refractivity contribution in [3.05, 3.63) is 51.2 Å². The SMILES string of the molecule is O=[N+]([O-])c1ccccc1Sc1ccsc1. The highest BCUT2D eigenvalue weighted by molar-refractivity contribution is 7.99. The van der Waals surface area contributed by atoms with Crippen molar-refractivity contribution in [1.82, 2.24) is 0 Å². The van der Waals surface area contributed by atoms with Crippen LogP contribution in [-0.2, 0) is 0 Å². The van der Waals surface area contributed by atoms with E-state index in [2.05, 4.69) is 0 Å². The van der Waals surface area contributed by atoms with Crippen molar-refractivity contribution in [2.45, 2.75) is 9.79 Å². The fourth-order valence-corrected chi connectivity index (χ4v) is 2.88. The van der Waals surface area contributed by atoms with Gasteiger partial charge in [-0.05, 0) is 17.5 Å². The van der Waals surface area contributed by atoms with E-state index in [0.717, 1.165) is 4.90 Å². The first-order valence-corrected chi connectivity index (χ1v) is 5.97. The minimum atomic E-state index is -0.352. The Hall–Kier alpha value is -1.33. The first-order chi connectivity index (χ1) is 7.27. The Labute approximate surface area is 94.9 Å². The summed E-state index contributed by atoms with van der Waals surface area (Å²) in [6, 6.07) is 8.72. The molecule has 0 radical (unpaired) electrons. The maximum absolute atomic E-state index is 10.7. The number of benzene rings is 1. The van der Waals surface area contributed by atoms with Crippen molar-refractivity contribution < 1.29 is 4.92 Å². The number of hydrogen-bond acceptors (Lipinski definition) is 4. The second kappa shape index (κ2) is 4.46. The van der Waals surface area contributed by atoms with E-state index in [-0.39, 0.29) is 10.6 Å². The van der Waals surface area contributed by atoms with Gasteiger partial charge in [-0.15, -0.1) is 0 Å². The van der Waals surface area contributed by atoms with Gasteiger partial charge in [0.25, 0.3) is 5.69 Å². The Kier molecular flexibility index (Phi) is 3.03. The smallest absolute Gasteiger partial charge is 0.258 e. The summed E-state index contributed by atoms with van der Waals surface area (Å²) in [6.45, 7) is 0. The lowest BCUT2D eigenvalue weighted by molar-refractivity contribution is -0.387. The molecule has 1 aromatic carbocycles. The van der Waals surface area contributed by atoms with Gasteiger partial charge in [0.15, 0.2) is 0 Å². The summed E-state index contributed by atoms with van der Waals surface area (Å²) in [5, 5.41) is 14.7. The number of nitro groups is 1. The quantitative estimate of drug-likeness (QED) is 0.602. The number of nitrogens with zero attached hydrogens (tertiary/aromatic N) is 1. The fourth-order valence-electron chi connectivity index (χ4n) is 1.13. The topological polar surface area (TPSA) is 43.1 Å². The zero-order chi connectivity index (χ0) is 10.7. The molecule has 0 atom stereocenters. The predicted molar refractivity (Wildman–Crippen MR) is 61.5 cm³/mol. The van der Waals surface area contributed by atoms with Crippen LogP contribution in [0.4, 0.5) is 5.69 Å². The molecule has 0 aliphatic carbocycles. The molecule has 0 spiro atoms. The number of thiophene rings is 1. The molecule has 0 fully saturated rings. The van der Waals surface area contributed by atoms with Crippen LogP contribution < -0.4 is 0 Å². The van der Waals surface area contributed by atoms with Gasteiger partial charge in [-0.1, -0.05) is 23.9 Å². The van der Waals surface area contributed by atoms with Gasteiger partial charge in [-0.2, -0.15) is 11.3 Å². The molecule has 0 saturated carbocycles. The van der Waals surface area contributed by atoms with Crippen LogP contribution in [0.15, 0.2) is 50.9 Å². The van der Waals surface area contributed by atoms with E-state index in [0.29, 0.717) is 4.90 Å². The lowest BCUT2D eigenvalue weighted by Gasteiger charge is -1.99. The number of hydrogen-bond donors (Lipinski definition) is 0. The van der Waals surface area contributed by atoms with E-state index in [1.54, 1.807) is 23.5 Å². The first-order valence-electron chi connectivity index (χ1n) is 4.21. The molecule has 15 heavy (non-hydrogen) atoms. The molecule has 0 saturated heterocycles. The van der Waals surface area contributed by atoms with Crippen molar-refractivity contribution >= 4 is 28.8 Å². The maximum Gasteiger partial charge on any atom is 0.283 e. The molecule has 0 unspecified atom stereocenters. The Balaban J connectivity index is 2.32. The monoisotopic (exact) mass is 237 g/mol. The highest BCUT2D eigenvalue weighted by atomic mass is 32.2. The maximum atomic E-state index is 10.7. The van der Waals surface area contributed by atoms with E-state index in [4.69, 9.17) is 0 Å². The standard InChI is InChI=1S/C10H7NO2S2/c12-11(13)9-3-1-2-4-10(9)15-8-5-6-14-7-8/h1-7H. The first kappa shape index (κ1) is 10.2. The highest BCUT2D eigenvalue weighted by Gasteiger charge is 2.13. The van der Waals surface area contributed by atoms with Crippen LogP contribution in [-0.4, -0.2) is 4.92 Å². The average Bonchev–Trinajstić information content (AvgIpc) is 2.71. The third-order valence-electron chi connectivity index (χ3n) is 1.78. The van der Waals surface area contributed by atoms with Gasteiger partial charge < -0.3 is 0 Å². The van der Waals surface area contributed by atoms with Gasteiger partial charge in [0, 0.05) is 16.3 Å². The lowest BCUT2D eigenvalue weighted by atomic mass is 10.3. The van der Waals surface area contributed by atoms with Crippen molar-refractivity contribution in [3.63, 3.8) is 0 Å². The summed E-state index contributed by atoms with van der Waals surface area (Å²) in [5.74, 6) is 0. The minimum Gasteiger partial charge on any atom is -0.258 e. The van der Waals surface area contributed by atoms with Crippen molar-refractivity contribution in [1.29, 1.82) is 0 Å². The second-order valence-electron chi connectivity index (χ2n) is 2.79. The molecule has 0 bridgehead atoms. The molecule has 3 nitrogen and oxygen atoms in total. The average molecular weight is 237 g/mol. The molecule has 0 N–H and O–H groups in total. The van der Waals surface area contributed by atoms with Gasteiger partial charge in [-0.3, -0.25) is 10.1 Å². The Morgan fingerprint density at radius 1 is 1.27 bits per heavy atom. The molecule has 0 amide bonds. The molecule has 5 heteroatoms. The molecule has 0 aliphatic rings. The van der Waals surface area contributed by atoms with Crippen LogP contribution >= 0.6 is 23.1 Å². The third kappa shape index (κ3) is 2.37. The number of para-hydroxylation sites is 1. The zero-order valence-electron chi connectivity index (χ0n) is 7.62. The summed E-state index contributed by atoms with van der Waals surface area (Å²) in [7, 11) is 0. The number of rotatable bonds is 3. The zero-order valence-corrected chi connectivity index (χ0v) is 9.25. The normalized spacial score (nSPS) is 10.1. The van der Waals surface area contributed by atoms with E-state index >= 15 is 0 Å². The second-order valence-corrected chi connectivity index (χ2v) is 4.68. The molecule has 2 aromatic rings. The van der Waals surface area contributed by atoms with Crippen LogP contribution in [0.3, 0.4) is 0 Å². The van der Waals surface area contributed by atoms with Crippen LogP contribution in [0.25, 0.3) is 0 Å². The Morgan fingerprint density at radius 2 is 2.07 bits per heavy atom. The van der Waals surface area contributed by atoms with Gasteiger partial charge in [0.2, 0.25) is 0 Å². The molecule has 1 aromatic heterocycles. The van der Waals surface area contributed by atoms with Crippen molar-refractivity contribution in [3.8, 4) is 0 Å². The van der Waals surface area contributed by atoms with E-state index in [9.17, 15) is 10.1 Å². The molecule has 1 heterocycles. The molecular weight excluding hydrogens is 230 g/mol. The molecule has 76 valence electrons. The predicted octanol–water partition coefficient (Wildman–Crippen LogP) is 3.81. The van der Waals surface area contributed by atoms with Crippen molar-refractivity contribution in [2.24, 2.45) is 0 Å². The summed E-state index contributed by atoms with van der Waals surface area (Å²) in [4.78, 5) is 12.1. The van der Waals surface area contributed by atoms with Crippen LogP contribution in [0.1, 0.15) is 0 Å². The Bertz CT molecular complexity index is 468. The van der Waals surface area contributed by atoms with Gasteiger partial charge in [0.1, 0.15) is 0 Å². The van der Waals surface area contributed by atoms with Crippen LogP contribution in [0.2, 0.25) is 0 Å². The number of nitro benzene ring substituents is 1. The van der Waals surface area contributed by atoms with E-state index in [1.807, 2.05) is 22.9 Å². The molecule has 2 rings (SSSR count). The van der Waals surface area contributed by atoms with Gasteiger partial charge in [-0.25, -0.2) is 0 Å².